The Labute approximate surface area is 181 Å². The van der Waals surface area contributed by atoms with Gasteiger partial charge in [0.05, 0.1) is 5.52 Å². The zero-order valence-electron chi connectivity index (χ0n) is 17.2. The molecule has 7 heteroatoms. The standard InChI is InChI=1S/C23H26ClN5O/c1-29(2)21-19-5-3-4-6-20(19)27-23(28-21)26-18-13-11-17(12-14-18)25-22(30)15-7-9-16(24)10-8-15/h3-10,17-18H,11-14H2,1-2H3,(H,25,30)(H,26,27,28). The van der Waals surface area contributed by atoms with Crippen LogP contribution in [0.1, 0.15) is 36.0 Å². The lowest BCUT2D eigenvalue weighted by molar-refractivity contribution is 0.0926. The molecule has 1 aliphatic rings. The first-order valence-corrected chi connectivity index (χ1v) is 10.6. The van der Waals surface area contributed by atoms with Crippen molar-refractivity contribution in [1.82, 2.24) is 15.3 Å². The number of carbonyl (C=O) groups excluding carboxylic acids is 1. The summed E-state index contributed by atoms with van der Waals surface area (Å²) in [7, 11) is 3.99. The largest absolute Gasteiger partial charge is 0.362 e. The quantitative estimate of drug-likeness (QED) is 0.632. The van der Waals surface area contributed by atoms with Crippen LogP contribution in [0.5, 0.6) is 0 Å². The molecular formula is C23H26ClN5O. The molecule has 4 rings (SSSR count). The molecule has 1 aliphatic carbocycles. The Hall–Kier alpha value is -2.86. The molecule has 0 radical (unpaired) electrons. The van der Waals surface area contributed by atoms with Gasteiger partial charge in [-0.2, -0.15) is 4.98 Å². The summed E-state index contributed by atoms with van der Waals surface area (Å²) in [6, 6.07) is 15.5. The van der Waals surface area contributed by atoms with E-state index in [0.29, 0.717) is 22.6 Å². The van der Waals surface area contributed by atoms with Crippen molar-refractivity contribution in [3.63, 3.8) is 0 Å². The Balaban J connectivity index is 1.37. The van der Waals surface area contributed by atoms with Crippen molar-refractivity contribution in [2.24, 2.45) is 0 Å². The van der Waals surface area contributed by atoms with Gasteiger partial charge in [-0.05, 0) is 62.1 Å². The molecule has 2 N–H and O–H groups in total. The van der Waals surface area contributed by atoms with Crippen molar-refractivity contribution in [3.8, 4) is 0 Å². The number of benzene rings is 2. The van der Waals surface area contributed by atoms with Crippen molar-refractivity contribution >= 4 is 40.2 Å². The summed E-state index contributed by atoms with van der Waals surface area (Å²) in [4.78, 5) is 23.9. The predicted octanol–water partition coefficient (Wildman–Crippen LogP) is 4.50. The van der Waals surface area contributed by atoms with Gasteiger partial charge >= 0.3 is 0 Å². The molecule has 0 aliphatic heterocycles. The van der Waals surface area contributed by atoms with Gasteiger partial charge in [-0.3, -0.25) is 4.79 Å². The molecule has 1 aromatic heterocycles. The van der Waals surface area contributed by atoms with Gasteiger partial charge in [0, 0.05) is 42.2 Å². The molecule has 30 heavy (non-hydrogen) atoms. The first-order chi connectivity index (χ1) is 14.5. The summed E-state index contributed by atoms with van der Waals surface area (Å²) in [6.45, 7) is 0. The number of carbonyl (C=O) groups is 1. The molecule has 1 fully saturated rings. The fourth-order valence-electron chi connectivity index (χ4n) is 3.90. The second-order valence-corrected chi connectivity index (χ2v) is 8.39. The average Bonchev–Trinajstić information content (AvgIpc) is 2.75. The number of amides is 1. The Morgan fingerprint density at radius 2 is 1.63 bits per heavy atom. The van der Waals surface area contributed by atoms with E-state index in [1.165, 1.54) is 0 Å². The maximum atomic E-state index is 12.4. The fourth-order valence-corrected chi connectivity index (χ4v) is 4.03. The zero-order valence-corrected chi connectivity index (χ0v) is 18.0. The molecular weight excluding hydrogens is 398 g/mol. The van der Waals surface area contributed by atoms with Crippen molar-refractivity contribution in [3.05, 3.63) is 59.1 Å². The van der Waals surface area contributed by atoms with E-state index >= 15 is 0 Å². The number of hydrogen-bond acceptors (Lipinski definition) is 5. The molecule has 156 valence electrons. The molecule has 0 bridgehead atoms. The minimum absolute atomic E-state index is 0.0448. The Morgan fingerprint density at radius 1 is 0.967 bits per heavy atom. The van der Waals surface area contributed by atoms with E-state index in [9.17, 15) is 4.79 Å². The van der Waals surface area contributed by atoms with Crippen molar-refractivity contribution in [2.45, 2.75) is 37.8 Å². The van der Waals surface area contributed by atoms with E-state index in [2.05, 4.69) is 10.6 Å². The van der Waals surface area contributed by atoms with E-state index in [1.54, 1.807) is 24.3 Å². The molecule has 0 unspecified atom stereocenters. The van der Waals surface area contributed by atoms with Gasteiger partial charge in [0.1, 0.15) is 5.82 Å². The number of para-hydroxylation sites is 1. The van der Waals surface area contributed by atoms with Gasteiger partial charge in [0.15, 0.2) is 0 Å². The third-order valence-corrected chi connectivity index (χ3v) is 5.76. The molecule has 1 saturated carbocycles. The number of nitrogens with one attached hydrogen (secondary N) is 2. The highest BCUT2D eigenvalue weighted by Crippen LogP contribution is 2.26. The number of halogens is 1. The lowest BCUT2D eigenvalue weighted by atomic mass is 9.91. The summed E-state index contributed by atoms with van der Waals surface area (Å²) in [5.74, 6) is 1.52. The van der Waals surface area contributed by atoms with Crippen LogP contribution < -0.4 is 15.5 Å². The molecule has 1 amide bonds. The SMILES string of the molecule is CN(C)c1nc(NC2CCC(NC(=O)c3ccc(Cl)cc3)CC2)nc2ccccc12. The highest BCUT2D eigenvalue weighted by Gasteiger charge is 2.23. The van der Waals surface area contributed by atoms with Crippen LogP contribution >= 0.6 is 11.6 Å². The van der Waals surface area contributed by atoms with Crippen molar-refractivity contribution < 1.29 is 4.79 Å². The topological polar surface area (TPSA) is 70.2 Å². The number of hydrogen-bond donors (Lipinski definition) is 2. The maximum absolute atomic E-state index is 12.4. The lowest BCUT2D eigenvalue weighted by Gasteiger charge is -2.30. The summed E-state index contributed by atoms with van der Waals surface area (Å²) >= 11 is 5.90. The monoisotopic (exact) mass is 423 g/mol. The predicted molar refractivity (Wildman–Crippen MR) is 122 cm³/mol. The van der Waals surface area contributed by atoms with Crippen LogP contribution in [0.3, 0.4) is 0 Å². The third-order valence-electron chi connectivity index (χ3n) is 5.51. The van der Waals surface area contributed by atoms with E-state index < -0.39 is 0 Å². The van der Waals surface area contributed by atoms with Crippen LogP contribution in [0.25, 0.3) is 10.9 Å². The first kappa shape index (κ1) is 20.4. The van der Waals surface area contributed by atoms with Crippen LogP contribution in [-0.4, -0.2) is 42.1 Å². The van der Waals surface area contributed by atoms with Crippen LogP contribution in [0, 0.1) is 0 Å². The van der Waals surface area contributed by atoms with Gasteiger partial charge in [0.25, 0.3) is 5.91 Å². The van der Waals surface area contributed by atoms with Gasteiger partial charge in [0.2, 0.25) is 5.95 Å². The minimum atomic E-state index is -0.0448. The second kappa shape index (κ2) is 8.88. The summed E-state index contributed by atoms with van der Waals surface area (Å²) in [5, 5.41) is 8.32. The zero-order chi connectivity index (χ0) is 21.1. The average molecular weight is 424 g/mol. The van der Waals surface area contributed by atoms with Gasteiger partial charge < -0.3 is 15.5 Å². The molecule has 0 spiro atoms. The second-order valence-electron chi connectivity index (χ2n) is 7.96. The highest BCUT2D eigenvalue weighted by molar-refractivity contribution is 6.30. The van der Waals surface area contributed by atoms with Gasteiger partial charge in [-0.25, -0.2) is 4.98 Å². The summed E-state index contributed by atoms with van der Waals surface area (Å²) in [6.07, 6.45) is 3.76. The van der Waals surface area contributed by atoms with Crippen LogP contribution in [0.2, 0.25) is 5.02 Å². The Kier molecular flexibility index (Phi) is 6.04. The molecule has 0 saturated heterocycles. The number of nitrogens with zero attached hydrogens (tertiary/aromatic N) is 3. The van der Waals surface area contributed by atoms with Gasteiger partial charge in [-0.1, -0.05) is 23.7 Å². The highest BCUT2D eigenvalue weighted by atomic mass is 35.5. The van der Waals surface area contributed by atoms with Gasteiger partial charge in [-0.15, -0.1) is 0 Å². The molecule has 2 aromatic carbocycles. The number of anilines is 2. The van der Waals surface area contributed by atoms with E-state index in [-0.39, 0.29) is 11.9 Å². The van der Waals surface area contributed by atoms with Crippen molar-refractivity contribution in [1.29, 1.82) is 0 Å². The summed E-state index contributed by atoms with van der Waals surface area (Å²) in [5.41, 5.74) is 1.57. The van der Waals surface area contributed by atoms with Crippen LogP contribution in [0.15, 0.2) is 48.5 Å². The van der Waals surface area contributed by atoms with Crippen LogP contribution in [0.4, 0.5) is 11.8 Å². The van der Waals surface area contributed by atoms with E-state index in [0.717, 1.165) is 42.4 Å². The normalized spacial score (nSPS) is 18.8. The molecule has 1 heterocycles. The van der Waals surface area contributed by atoms with Crippen LogP contribution in [-0.2, 0) is 0 Å². The Morgan fingerprint density at radius 3 is 2.33 bits per heavy atom. The molecule has 6 nitrogen and oxygen atoms in total. The number of fused-ring (bicyclic) bond motifs is 1. The third kappa shape index (κ3) is 4.65. The fraction of sp³-hybridized carbons (Fsp3) is 0.348. The Bertz CT molecular complexity index is 1030. The molecule has 3 aromatic rings. The smallest absolute Gasteiger partial charge is 0.251 e. The first-order valence-electron chi connectivity index (χ1n) is 10.3. The number of rotatable bonds is 5. The van der Waals surface area contributed by atoms with E-state index in [4.69, 9.17) is 21.6 Å². The maximum Gasteiger partial charge on any atom is 0.251 e. The molecule has 0 atom stereocenters. The minimum Gasteiger partial charge on any atom is -0.362 e. The lowest BCUT2D eigenvalue weighted by Crippen LogP contribution is -2.40. The van der Waals surface area contributed by atoms with Crippen molar-refractivity contribution in [2.75, 3.05) is 24.3 Å². The summed E-state index contributed by atoms with van der Waals surface area (Å²) < 4.78 is 0. The number of aromatic nitrogens is 2. The van der Waals surface area contributed by atoms with E-state index in [1.807, 2.05) is 43.3 Å².